The lowest BCUT2D eigenvalue weighted by atomic mass is 9.98. The van der Waals surface area contributed by atoms with Crippen LogP contribution in [0.15, 0.2) is 60.2 Å². The Morgan fingerprint density at radius 3 is 2.59 bits per heavy atom. The van der Waals surface area contributed by atoms with E-state index in [-0.39, 0.29) is 30.5 Å². The first kappa shape index (κ1) is 19.1. The van der Waals surface area contributed by atoms with Gasteiger partial charge in [0.05, 0.1) is 29.7 Å². The molecule has 1 aliphatic rings. The van der Waals surface area contributed by atoms with E-state index in [9.17, 15) is 18.3 Å². The summed E-state index contributed by atoms with van der Waals surface area (Å²) in [7, 11) is -3.78. The highest BCUT2D eigenvalue weighted by Crippen LogP contribution is 2.27. The van der Waals surface area contributed by atoms with Crippen LogP contribution in [0.1, 0.15) is 29.7 Å². The predicted octanol–water partition coefficient (Wildman–Crippen LogP) is 1.77. The molecule has 0 fully saturated rings. The summed E-state index contributed by atoms with van der Waals surface area (Å²) in [5.74, 6) is -0.863. The van der Waals surface area contributed by atoms with Gasteiger partial charge in [-0.1, -0.05) is 43.0 Å². The zero-order valence-corrected chi connectivity index (χ0v) is 15.8. The number of carbonyl (C=O) groups is 1. The first-order valence-electron chi connectivity index (χ1n) is 8.48. The first-order valence-corrected chi connectivity index (χ1v) is 9.92. The number of nitrogens with zero attached hydrogens (tertiary/aromatic N) is 3. The van der Waals surface area contributed by atoms with Crippen molar-refractivity contribution in [2.75, 3.05) is 6.61 Å². The quantitative estimate of drug-likeness (QED) is 0.763. The fourth-order valence-electron chi connectivity index (χ4n) is 3.12. The molecule has 1 aromatic carbocycles. The van der Waals surface area contributed by atoms with Gasteiger partial charge < -0.3 is 10.0 Å². The molecule has 27 heavy (non-hydrogen) atoms. The highest BCUT2D eigenvalue weighted by atomic mass is 32.2. The summed E-state index contributed by atoms with van der Waals surface area (Å²) < 4.78 is 25.9. The number of amides is 1. The zero-order valence-electron chi connectivity index (χ0n) is 14.9. The Morgan fingerprint density at radius 2 is 2.04 bits per heavy atom. The van der Waals surface area contributed by atoms with E-state index < -0.39 is 15.9 Å². The van der Waals surface area contributed by atoms with Crippen molar-refractivity contribution in [3.63, 3.8) is 0 Å². The highest BCUT2D eigenvalue weighted by Gasteiger charge is 2.33. The largest absolute Gasteiger partial charge is 0.395 e. The van der Waals surface area contributed by atoms with Gasteiger partial charge >= 0.3 is 0 Å². The first-order chi connectivity index (χ1) is 12.9. The topological polar surface area (TPSA) is 92.5 Å². The predicted molar refractivity (Wildman–Crippen MR) is 101 cm³/mol. The van der Waals surface area contributed by atoms with Gasteiger partial charge in [-0.3, -0.25) is 4.79 Å². The Balaban J connectivity index is 1.80. The average Bonchev–Trinajstić information content (AvgIpc) is 3.23. The fraction of sp³-hybridized carbons (Fsp3) is 0.263. The minimum absolute atomic E-state index is 0.0704. The van der Waals surface area contributed by atoms with Gasteiger partial charge in [-0.05, 0) is 18.6 Å². The molecular weight excluding hydrogens is 366 g/mol. The minimum Gasteiger partial charge on any atom is -0.395 e. The molecule has 2 heterocycles. The Labute approximate surface area is 158 Å². The molecule has 142 valence electrons. The number of aromatic nitrogens is 2. The molecule has 0 bridgehead atoms. The van der Waals surface area contributed by atoms with E-state index in [1.807, 2.05) is 18.2 Å². The van der Waals surface area contributed by atoms with Crippen LogP contribution >= 0.6 is 0 Å². The van der Waals surface area contributed by atoms with Crippen LogP contribution < -0.4 is 0 Å². The molecule has 1 aromatic heterocycles. The standard InChI is InChI=1S/C19H21N3O4S/c1-3-16(4-2)27(25,26)22-11-15-10-21(12-18(15)20-22)19(24)17(13-23)14-8-6-5-7-9-14/h3-9,11,17,23H,1,10,12-13H2,2H3/b16-4+/t17-/m1/s1. The molecule has 3 rings (SSSR count). The summed E-state index contributed by atoms with van der Waals surface area (Å²) in [6.07, 6.45) is 4.15. The summed E-state index contributed by atoms with van der Waals surface area (Å²) in [4.78, 5) is 14.5. The van der Waals surface area contributed by atoms with E-state index in [0.717, 1.165) is 9.65 Å². The summed E-state index contributed by atoms with van der Waals surface area (Å²) in [6, 6.07) is 9.08. The third kappa shape index (κ3) is 3.45. The third-order valence-corrected chi connectivity index (χ3v) is 6.26. The van der Waals surface area contributed by atoms with Crippen LogP contribution in [-0.4, -0.2) is 40.1 Å². The maximum Gasteiger partial charge on any atom is 0.282 e. The van der Waals surface area contributed by atoms with Crippen LogP contribution in [0.3, 0.4) is 0 Å². The van der Waals surface area contributed by atoms with Crippen molar-refractivity contribution < 1.29 is 18.3 Å². The smallest absolute Gasteiger partial charge is 0.282 e. The number of benzene rings is 1. The van der Waals surface area contributed by atoms with E-state index in [2.05, 4.69) is 11.7 Å². The molecule has 2 aromatic rings. The van der Waals surface area contributed by atoms with Gasteiger partial charge in [0.1, 0.15) is 0 Å². The van der Waals surface area contributed by atoms with E-state index in [4.69, 9.17) is 0 Å². The van der Waals surface area contributed by atoms with E-state index in [1.165, 1.54) is 18.3 Å². The summed E-state index contributed by atoms with van der Waals surface area (Å²) >= 11 is 0. The fourth-order valence-corrected chi connectivity index (χ4v) is 4.31. The summed E-state index contributed by atoms with van der Waals surface area (Å²) in [5.41, 5.74) is 1.96. The molecular formula is C19H21N3O4S. The molecule has 8 heteroatoms. The van der Waals surface area contributed by atoms with Crippen LogP contribution in [0, 0.1) is 0 Å². The highest BCUT2D eigenvalue weighted by molar-refractivity contribution is 7.93. The van der Waals surface area contributed by atoms with Gasteiger partial charge in [-0.2, -0.15) is 17.6 Å². The average molecular weight is 387 g/mol. The monoisotopic (exact) mass is 387 g/mol. The van der Waals surface area contributed by atoms with Crippen LogP contribution in [0.5, 0.6) is 0 Å². The zero-order chi connectivity index (χ0) is 19.6. The second-order valence-corrected chi connectivity index (χ2v) is 8.01. The van der Waals surface area contributed by atoms with Crippen LogP contribution in [-0.2, 0) is 27.9 Å². The number of aliphatic hydroxyl groups excluding tert-OH is 1. The molecule has 1 aliphatic heterocycles. The number of aliphatic hydroxyl groups is 1. The molecule has 0 saturated heterocycles. The Bertz CT molecular complexity index is 970. The lowest BCUT2D eigenvalue weighted by molar-refractivity contribution is -0.134. The van der Waals surface area contributed by atoms with E-state index in [1.54, 1.807) is 24.0 Å². The Morgan fingerprint density at radius 1 is 1.33 bits per heavy atom. The number of fused-ring (bicyclic) bond motifs is 1. The molecule has 7 nitrogen and oxygen atoms in total. The van der Waals surface area contributed by atoms with Gasteiger partial charge in [0, 0.05) is 18.3 Å². The van der Waals surface area contributed by atoms with Crippen LogP contribution in [0.25, 0.3) is 0 Å². The molecule has 0 unspecified atom stereocenters. The number of hydrogen-bond donors (Lipinski definition) is 1. The Hall–Kier alpha value is -2.71. The third-order valence-electron chi connectivity index (χ3n) is 4.58. The number of allylic oxidation sites excluding steroid dienone is 2. The molecule has 0 aliphatic carbocycles. The van der Waals surface area contributed by atoms with Crippen molar-refractivity contribution in [2.24, 2.45) is 0 Å². The maximum atomic E-state index is 12.8. The second kappa shape index (κ2) is 7.50. The Kier molecular flexibility index (Phi) is 5.29. The minimum atomic E-state index is -3.78. The number of rotatable bonds is 6. The second-order valence-electron chi connectivity index (χ2n) is 6.21. The van der Waals surface area contributed by atoms with Gasteiger partial charge in [-0.25, -0.2) is 0 Å². The van der Waals surface area contributed by atoms with Crippen molar-refractivity contribution in [3.8, 4) is 0 Å². The molecule has 0 saturated carbocycles. The number of hydrogen-bond acceptors (Lipinski definition) is 5. The normalized spacial score (nSPS) is 15.5. The van der Waals surface area contributed by atoms with Crippen molar-refractivity contribution in [1.82, 2.24) is 14.1 Å². The molecule has 1 N–H and O–H groups in total. The molecule has 0 spiro atoms. The number of carbonyl (C=O) groups excluding carboxylic acids is 1. The van der Waals surface area contributed by atoms with Gasteiger partial charge in [0.15, 0.2) is 0 Å². The molecule has 0 radical (unpaired) electrons. The van der Waals surface area contributed by atoms with Crippen molar-refractivity contribution in [3.05, 3.63) is 77.0 Å². The van der Waals surface area contributed by atoms with Crippen LogP contribution in [0.4, 0.5) is 0 Å². The molecule has 1 atom stereocenters. The summed E-state index contributed by atoms with van der Waals surface area (Å²) in [6.45, 7) is 5.30. The maximum absolute atomic E-state index is 12.8. The van der Waals surface area contributed by atoms with Crippen LogP contribution in [0.2, 0.25) is 0 Å². The van der Waals surface area contributed by atoms with Crippen molar-refractivity contribution in [2.45, 2.75) is 25.9 Å². The lowest BCUT2D eigenvalue weighted by Gasteiger charge is -2.22. The van der Waals surface area contributed by atoms with Crippen molar-refractivity contribution >= 4 is 15.9 Å². The summed E-state index contributed by atoms with van der Waals surface area (Å²) in [5, 5.41) is 13.8. The lowest BCUT2D eigenvalue weighted by Crippen LogP contribution is -2.33. The van der Waals surface area contributed by atoms with E-state index >= 15 is 0 Å². The van der Waals surface area contributed by atoms with Gasteiger partial charge in [0.25, 0.3) is 10.0 Å². The van der Waals surface area contributed by atoms with Crippen molar-refractivity contribution in [1.29, 1.82) is 0 Å². The van der Waals surface area contributed by atoms with Gasteiger partial charge in [-0.15, -0.1) is 0 Å². The SMILES string of the molecule is C=C/C(=C\C)S(=O)(=O)n1cc2c(n1)CN(C(=O)[C@H](CO)c1ccccc1)C2. The van der Waals surface area contributed by atoms with Gasteiger partial charge in [0.2, 0.25) is 5.91 Å². The molecule has 1 amide bonds. The van der Waals surface area contributed by atoms with E-state index in [0.29, 0.717) is 11.3 Å².